The fraction of sp³-hybridized carbons (Fsp3) is 0.636. The van der Waals surface area contributed by atoms with E-state index in [0.717, 1.165) is 62.6 Å². The highest BCUT2D eigenvalue weighted by molar-refractivity contribution is 6.30. The minimum atomic E-state index is 0.0144. The summed E-state index contributed by atoms with van der Waals surface area (Å²) in [5.74, 6) is 0.411. The molecule has 0 radical (unpaired) electrons. The summed E-state index contributed by atoms with van der Waals surface area (Å²) in [6.45, 7) is 8.63. The Labute approximate surface area is 179 Å². The molecule has 3 amide bonds. The van der Waals surface area contributed by atoms with E-state index in [-0.39, 0.29) is 23.9 Å². The summed E-state index contributed by atoms with van der Waals surface area (Å²) in [4.78, 5) is 31.3. The molecule has 0 spiro atoms. The number of anilines is 1. The number of likely N-dealkylation sites (tertiary alicyclic amines) is 1. The molecule has 1 N–H and O–H groups in total. The molecule has 2 aliphatic rings. The molecule has 0 bridgehead atoms. The van der Waals surface area contributed by atoms with Gasteiger partial charge in [-0.1, -0.05) is 31.5 Å². The minimum absolute atomic E-state index is 0.0144. The lowest BCUT2D eigenvalue weighted by Gasteiger charge is -2.38. The number of carbonyl (C=O) groups excluding carboxylic acids is 2. The number of benzene rings is 1. The molecule has 2 aliphatic heterocycles. The zero-order valence-corrected chi connectivity index (χ0v) is 18.3. The van der Waals surface area contributed by atoms with Crippen LogP contribution in [0.3, 0.4) is 0 Å². The Kier molecular flexibility index (Phi) is 7.64. The molecule has 1 aromatic carbocycles. The van der Waals surface area contributed by atoms with Crippen molar-refractivity contribution in [1.82, 2.24) is 15.1 Å². The highest BCUT2D eigenvalue weighted by Crippen LogP contribution is 2.21. The molecule has 29 heavy (non-hydrogen) atoms. The molecule has 3 rings (SSSR count). The summed E-state index contributed by atoms with van der Waals surface area (Å²) in [7, 11) is 0. The van der Waals surface area contributed by atoms with Crippen molar-refractivity contribution in [2.45, 2.75) is 45.6 Å². The first-order valence-electron chi connectivity index (χ1n) is 10.9. The van der Waals surface area contributed by atoms with Crippen LogP contribution in [-0.2, 0) is 4.79 Å². The van der Waals surface area contributed by atoms with Crippen molar-refractivity contribution in [3.63, 3.8) is 0 Å². The first-order valence-corrected chi connectivity index (χ1v) is 11.2. The number of carbonyl (C=O) groups is 2. The average Bonchev–Trinajstić information content (AvgIpc) is 2.75. The number of piperazine rings is 1. The second kappa shape index (κ2) is 10.2. The number of nitrogens with one attached hydrogen (secondary N) is 1. The number of amides is 3. The summed E-state index contributed by atoms with van der Waals surface area (Å²) < 4.78 is 0. The molecule has 1 aromatic rings. The van der Waals surface area contributed by atoms with Crippen LogP contribution in [0.1, 0.15) is 39.5 Å². The Bertz CT molecular complexity index is 694. The topological polar surface area (TPSA) is 55.9 Å². The van der Waals surface area contributed by atoms with Gasteiger partial charge in [0.1, 0.15) is 0 Å². The molecule has 2 fully saturated rings. The van der Waals surface area contributed by atoms with Crippen molar-refractivity contribution < 1.29 is 9.59 Å². The number of urea groups is 1. The van der Waals surface area contributed by atoms with Gasteiger partial charge >= 0.3 is 6.03 Å². The highest BCUT2D eigenvalue weighted by atomic mass is 35.5. The van der Waals surface area contributed by atoms with Gasteiger partial charge in [0.05, 0.1) is 0 Å². The summed E-state index contributed by atoms with van der Waals surface area (Å²) in [6.07, 6.45) is 3.46. The molecular weight excluding hydrogens is 388 g/mol. The summed E-state index contributed by atoms with van der Waals surface area (Å²) in [5, 5.41) is 3.91. The maximum absolute atomic E-state index is 12.7. The average molecular weight is 421 g/mol. The van der Waals surface area contributed by atoms with Crippen LogP contribution in [0.4, 0.5) is 10.5 Å². The van der Waals surface area contributed by atoms with Crippen molar-refractivity contribution in [2.24, 2.45) is 5.92 Å². The fourth-order valence-electron chi connectivity index (χ4n) is 4.25. The van der Waals surface area contributed by atoms with Gasteiger partial charge in [0.15, 0.2) is 0 Å². The highest BCUT2D eigenvalue weighted by Gasteiger charge is 2.29. The molecule has 2 heterocycles. The van der Waals surface area contributed by atoms with Crippen LogP contribution < -0.4 is 10.2 Å². The number of piperidine rings is 1. The van der Waals surface area contributed by atoms with Gasteiger partial charge in [-0.2, -0.15) is 0 Å². The smallest absolute Gasteiger partial charge is 0.317 e. The summed E-state index contributed by atoms with van der Waals surface area (Å²) in [5.41, 5.74) is 1.10. The normalized spacial score (nSPS) is 18.3. The van der Waals surface area contributed by atoms with Crippen LogP contribution in [0.25, 0.3) is 0 Å². The van der Waals surface area contributed by atoms with Crippen LogP contribution in [0.5, 0.6) is 0 Å². The Morgan fingerprint density at radius 3 is 2.28 bits per heavy atom. The lowest BCUT2D eigenvalue weighted by atomic mass is 9.98. The number of nitrogens with zero attached hydrogens (tertiary/aromatic N) is 3. The van der Waals surface area contributed by atoms with Gasteiger partial charge in [-0.25, -0.2) is 4.79 Å². The predicted octanol–water partition coefficient (Wildman–Crippen LogP) is 3.60. The van der Waals surface area contributed by atoms with Gasteiger partial charge in [-0.05, 0) is 43.9 Å². The lowest BCUT2D eigenvalue weighted by molar-refractivity contribution is -0.136. The van der Waals surface area contributed by atoms with E-state index in [1.54, 1.807) is 0 Å². The fourth-order valence-corrected chi connectivity index (χ4v) is 4.43. The SMILES string of the molecule is CCC(CC)C(=O)N1CCC(NC(=O)N2CCN(c3cccc(Cl)c3)CC2)CC1. The van der Waals surface area contributed by atoms with E-state index >= 15 is 0 Å². The molecule has 0 aromatic heterocycles. The van der Waals surface area contributed by atoms with E-state index in [9.17, 15) is 9.59 Å². The molecular formula is C22H33ClN4O2. The van der Waals surface area contributed by atoms with Crippen molar-refractivity contribution in [2.75, 3.05) is 44.2 Å². The Morgan fingerprint density at radius 2 is 1.69 bits per heavy atom. The van der Waals surface area contributed by atoms with Crippen LogP contribution >= 0.6 is 11.6 Å². The molecule has 6 nitrogen and oxygen atoms in total. The maximum Gasteiger partial charge on any atom is 0.317 e. The molecule has 0 saturated carbocycles. The minimum Gasteiger partial charge on any atom is -0.368 e. The van der Waals surface area contributed by atoms with Crippen molar-refractivity contribution in [3.8, 4) is 0 Å². The zero-order chi connectivity index (χ0) is 20.8. The van der Waals surface area contributed by atoms with Crippen molar-refractivity contribution in [3.05, 3.63) is 29.3 Å². The lowest BCUT2D eigenvalue weighted by Crippen LogP contribution is -2.55. The van der Waals surface area contributed by atoms with E-state index in [1.807, 2.05) is 28.0 Å². The third kappa shape index (κ3) is 5.56. The number of hydrogen-bond donors (Lipinski definition) is 1. The number of halogens is 1. The van der Waals surface area contributed by atoms with Crippen LogP contribution in [-0.4, -0.2) is 67.0 Å². The van der Waals surface area contributed by atoms with E-state index in [1.165, 1.54) is 0 Å². The zero-order valence-electron chi connectivity index (χ0n) is 17.6. The molecule has 0 atom stereocenters. The third-order valence-corrected chi connectivity index (χ3v) is 6.44. The second-order valence-electron chi connectivity index (χ2n) is 8.02. The van der Waals surface area contributed by atoms with Crippen LogP contribution in [0.15, 0.2) is 24.3 Å². The quantitative estimate of drug-likeness (QED) is 0.791. The first kappa shape index (κ1) is 21.8. The molecule has 160 valence electrons. The molecule has 7 heteroatoms. The third-order valence-electron chi connectivity index (χ3n) is 6.21. The van der Waals surface area contributed by atoms with Gasteiger partial charge in [0, 0.05) is 61.9 Å². The van der Waals surface area contributed by atoms with Crippen molar-refractivity contribution >= 4 is 29.2 Å². The summed E-state index contributed by atoms with van der Waals surface area (Å²) >= 11 is 6.09. The van der Waals surface area contributed by atoms with Gasteiger partial charge in [0.2, 0.25) is 5.91 Å². The van der Waals surface area contributed by atoms with Crippen molar-refractivity contribution in [1.29, 1.82) is 0 Å². The molecule has 0 unspecified atom stereocenters. The van der Waals surface area contributed by atoms with Crippen LogP contribution in [0, 0.1) is 5.92 Å². The maximum atomic E-state index is 12.7. The summed E-state index contributed by atoms with van der Waals surface area (Å²) in [6, 6.07) is 8.02. The molecule has 0 aliphatic carbocycles. The number of hydrogen-bond acceptors (Lipinski definition) is 3. The Balaban J connectivity index is 1.42. The van der Waals surface area contributed by atoms with E-state index in [2.05, 4.69) is 30.1 Å². The monoisotopic (exact) mass is 420 g/mol. The standard InChI is InChI=1S/C22H33ClN4O2/c1-3-17(4-2)21(28)26-10-8-19(9-11-26)24-22(29)27-14-12-25(13-15-27)20-7-5-6-18(23)16-20/h5-7,16-17,19H,3-4,8-15H2,1-2H3,(H,24,29). The second-order valence-corrected chi connectivity index (χ2v) is 8.45. The molecule has 2 saturated heterocycles. The van der Waals surface area contributed by atoms with Gasteiger partial charge in [-0.15, -0.1) is 0 Å². The van der Waals surface area contributed by atoms with Gasteiger partial charge in [0.25, 0.3) is 0 Å². The largest absolute Gasteiger partial charge is 0.368 e. The van der Waals surface area contributed by atoms with Crippen LogP contribution in [0.2, 0.25) is 5.02 Å². The van der Waals surface area contributed by atoms with Gasteiger partial charge < -0.3 is 20.0 Å². The van der Waals surface area contributed by atoms with Gasteiger partial charge in [-0.3, -0.25) is 4.79 Å². The van der Waals surface area contributed by atoms with E-state index in [4.69, 9.17) is 11.6 Å². The Hall–Kier alpha value is -1.95. The number of rotatable bonds is 5. The van der Waals surface area contributed by atoms with E-state index < -0.39 is 0 Å². The Morgan fingerprint density at radius 1 is 1.03 bits per heavy atom. The predicted molar refractivity (Wildman–Crippen MR) is 117 cm³/mol. The van der Waals surface area contributed by atoms with E-state index in [0.29, 0.717) is 13.1 Å². The first-order chi connectivity index (χ1) is 14.0.